The molecule has 1 N–H and O–H groups in total. The summed E-state index contributed by atoms with van der Waals surface area (Å²) in [6.45, 7) is 7.54. The van der Waals surface area contributed by atoms with Gasteiger partial charge in [0.25, 0.3) is 5.91 Å². The summed E-state index contributed by atoms with van der Waals surface area (Å²) in [6, 6.07) is 7.28. The lowest BCUT2D eigenvalue weighted by molar-refractivity contribution is 0.0899. The number of nitrogens with zero attached hydrogens (tertiary/aromatic N) is 2. The molecule has 1 fully saturated rings. The maximum Gasteiger partial charge on any atom is 0.287 e. The average Bonchev–Trinajstić information content (AvgIpc) is 3.11. The Balaban J connectivity index is 1.44. The second-order valence-electron chi connectivity index (χ2n) is 7.05. The molecule has 0 unspecified atom stereocenters. The van der Waals surface area contributed by atoms with E-state index in [4.69, 9.17) is 9.15 Å². The van der Waals surface area contributed by atoms with E-state index in [2.05, 4.69) is 22.1 Å². The summed E-state index contributed by atoms with van der Waals surface area (Å²) in [5, 5.41) is 2.85. The largest absolute Gasteiger partial charge is 0.487 e. The quantitative estimate of drug-likeness (QED) is 0.825. The van der Waals surface area contributed by atoms with Gasteiger partial charge in [0.2, 0.25) is 0 Å². The lowest BCUT2D eigenvalue weighted by atomic mass is 9.99. The second-order valence-corrected chi connectivity index (χ2v) is 7.05. The van der Waals surface area contributed by atoms with Gasteiger partial charge in [-0.2, -0.15) is 0 Å². The summed E-state index contributed by atoms with van der Waals surface area (Å²) in [5.74, 6) is 2.46. The first-order chi connectivity index (χ1) is 12.6. The summed E-state index contributed by atoms with van der Waals surface area (Å²) < 4.78 is 11.4. The van der Waals surface area contributed by atoms with E-state index in [9.17, 15) is 4.79 Å². The van der Waals surface area contributed by atoms with Gasteiger partial charge in [0.1, 0.15) is 17.6 Å². The van der Waals surface area contributed by atoms with Gasteiger partial charge >= 0.3 is 0 Å². The van der Waals surface area contributed by atoms with E-state index in [1.807, 2.05) is 25.1 Å². The third kappa shape index (κ3) is 5.33. The number of hydrogen-bond acceptors (Lipinski definition) is 5. The van der Waals surface area contributed by atoms with Crippen molar-refractivity contribution in [2.75, 3.05) is 19.6 Å². The number of carbonyl (C=O) groups is 1. The van der Waals surface area contributed by atoms with Crippen LogP contribution in [0.1, 0.15) is 43.0 Å². The maximum absolute atomic E-state index is 12.3. The van der Waals surface area contributed by atoms with Crippen LogP contribution in [-0.2, 0) is 6.54 Å². The SMILES string of the molecule is CC1CCN(Cc2ccc(C(=O)NC[C@@H](C)Oc3cccnc3)o2)CC1. The molecule has 6 heteroatoms. The average molecular weight is 357 g/mol. The number of nitrogens with one attached hydrogen (secondary N) is 1. The number of amides is 1. The Bertz CT molecular complexity index is 693. The fraction of sp³-hybridized carbons (Fsp3) is 0.500. The molecule has 2 aromatic heterocycles. The highest BCUT2D eigenvalue weighted by Crippen LogP contribution is 2.19. The van der Waals surface area contributed by atoms with Crippen molar-refractivity contribution in [3.63, 3.8) is 0 Å². The van der Waals surface area contributed by atoms with Crippen LogP contribution in [0.3, 0.4) is 0 Å². The van der Waals surface area contributed by atoms with Gasteiger partial charge in [0.05, 0.1) is 19.3 Å². The Hall–Kier alpha value is -2.34. The predicted molar refractivity (Wildman–Crippen MR) is 99.0 cm³/mol. The number of piperidine rings is 1. The second kappa shape index (κ2) is 8.85. The minimum absolute atomic E-state index is 0.159. The van der Waals surface area contributed by atoms with E-state index in [0.717, 1.165) is 31.3 Å². The van der Waals surface area contributed by atoms with Crippen LogP contribution >= 0.6 is 0 Å². The summed E-state index contributed by atoms with van der Waals surface area (Å²) in [4.78, 5) is 18.6. The van der Waals surface area contributed by atoms with Crippen molar-refractivity contribution in [3.05, 3.63) is 48.2 Å². The molecule has 0 aromatic carbocycles. The molecular weight excluding hydrogens is 330 g/mol. The molecule has 1 saturated heterocycles. The molecule has 26 heavy (non-hydrogen) atoms. The molecular formula is C20H27N3O3. The third-order valence-corrected chi connectivity index (χ3v) is 4.66. The number of pyridine rings is 1. The van der Waals surface area contributed by atoms with Crippen molar-refractivity contribution in [2.45, 2.75) is 39.3 Å². The van der Waals surface area contributed by atoms with E-state index in [1.54, 1.807) is 18.5 Å². The highest BCUT2D eigenvalue weighted by atomic mass is 16.5. The van der Waals surface area contributed by atoms with Gasteiger partial charge in [-0.1, -0.05) is 6.92 Å². The van der Waals surface area contributed by atoms with Gasteiger partial charge < -0.3 is 14.5 Å². The highest BCUT2D eigenvalue weighted by molar-refractivity contribution is 5.91. The summed E-state index contributed by atoms with van der Waals surface area (Å²) in [5.41, 5.74) is 0. The van der Waals surface area contributed by atoms with Crippen molar-refractivity contribution in [2.24, 2.45) is 5.92 Å². The number of aromatic nitrogens is 1. The molecule has 2 aromatic rings. The zero-order valence-corrected chi connectivity index (χ0v) is 15.5. The first-order valence-electron chi connectivity index (χ1n) is 9.26. The number of rotatable bonds is 7. The first-order valence-corrected chi connectivity index (χ1v) is 9.26. The van der Waals surface area contributed by atoms with E-state index in [0.29, 0.717) is 18.1 Å². The van der Waals surface area contributed by atoms with Gasteiger partial charge in [0.15, 0.2) is 5.76 Å². The fourth-order valence-corrected chi connectivity index (χ4v) is 3.04. The van der Waals surface area contributed by atoms with E-state index < -0.39 is 0 Å². The van der Waals surface area contributed by atoms with Gasteiger partial charge in [0, 0.05) is 6.20 Å². The Morgan fingerprint density at radius 2 is 2.19 bits per heavy atom. The number of furan rings is 1. The molecule has 0 radical (unpaired) electrons. The molecule has 1 aliphatic rings. The van der Waals surface area contributed by atoms with E-state index in [-0.39, 0.29) is 12.0 Å². The van der Waals surface area contributed by atoms with Crippen molar-refractivity contribution in [3.8, 4) is 5.75 Å². The third-order valence-electron chi connectivity index (χ3n) is 4.66. The van der Waals surface area contributed by atoms with Crippen molar-refractivity contribution >= 4 is 5.91 Å². The van der Waals surface area contributed by atoms with Crippen molar-refractivity contribution in [1.82, 2.24) is 15.2 Å². The van der Waals surface area contributed by atoms with E-state index >= 15 is 0 Å². The monoisotopic (exact) mass is 357 g/mol. The van der Waals surface area contributed by atoms with Gasteiger partial charge in [-0.05, 0) is 63.0 Å². The minimum Gasteiger partial charge on any atom is -0.487 e. The molecule has 6 nitrogen and oxygen atoms in total. The van der Waals surface area contributed by atoms with Crippen molar-refractivity contribution in [1.29, 1.82) is 0 Å². The van der Waals surface area contributed by atoms with Crippen LogP contribution in [0.5, 0.6) is 5.75 Å². The summed E-state index contributed by atoms with van der Waals surface area (Å²) >= 11 is 0. The van der Waals surface area contributed by atoms with Crippen LogP contribution in [-0.4, -0.2) is 41.5 Å². The number of likely N-dealkylation sites (tertiary alicyclic amines) is 1. The molecule has 1 atom stereocenters. The lowest BCUT2D eigenvalue weighted by Crippen LogP contribution is -2.33. The topological polar surface area (TPSA) is 67.6 Å². The van der Waals surface area contributed by atoms with Crippen LogP contribution in [0.2, 0.25) is 0 Å². The number of carbonyl (C=O) groups excluding carboxylic acids is 1. The lowest BCUT2D eigenvalue weighted by Gasteiger charge is -2.29. The Morgan fingerprint density at radius 3 is 2.92 bits per heavy atom. The molecule has 3 rings (SSSR count). The van der Waals surface area contributed by atoms with Gasteiger partial charge in [-0.15, -0.1) is 0 Å². The fourth-order valence-electron chi connectivity index (χ4n) is 3.04. The van der Waals surface area contributed by atoms with Crippen molar-refractivity contribution < 1.29 is 13.9 Å². The van der Waals surface area contributed by atoms with Crippen LogP contribution in [0, 0.1) is 5.92 Å². The zero-order valence-electron chi connectivity index (χ0n) is 15.5. The molecule has 1 amide bonds. The van der Waals surface area contributed by atoms with E-state index in [1.165, 1.54) is 12.8 Å². The summed E-state index contributed by atoms with van der Waals surface area (Å²) in [6.07, 6.45) is 5.63. The predicted octanol–water partition coefficient (Wildman–Crippen LogP) is 3.10. The smallest absolute Gasteiger partial charge is 0.287 e. The maximum atomic E-state index is 12.3. The highest BCUT2D eigenvalue weighted by Gasteiger charge is 2.18. The molecule has 0 spiro atoms. The molecule has 0 bridgehead atoms. The minimum atomic E-state index is -0.217. The van der Waals surface area contributed by atoms with Gasteiger partial charge in [-0.25, -0.2) is 0 Å². The molecule has 1 aliphatic heterocycles. The Kier molecular flexibility index (Phi) is 6.28. The van der Waals surface area contributed by atoms with Crippen LogP contribution < -0.4 is 10.1 Å². The molecule has 140 valence electrons. The summed E-state index contributed by atoms with van der Waals surface area (Å²) in [7, 11) is 0. The Morgan fingerprint density at radius 1 is 1.38 bits per heavy atom. The van der Waals surface area contributed by atoms with Crippen LogP contribution in [0.15, 0.2) is 41.1 Å². The standard InChI is InChI=1S/C20H27N3O3/c1-15-7-10-23(11-8-15)14-18-5-6-19(26-18)20(24)22-12-16(2)25-17-4-3-9-21-13-17/h3-6,9,13,15-16H,7-8,10-12,14H2,1-2H3,(H,22,24)/t16-/m1/s1. The Labute approximate surface area is 154 Å². The zero-order chi connectivity index (χ0) is 18.4. The molecule has 0 saturated carbocycles. The molecule has 3 heterocycles. The van der Waals surface area contributed by atoms with Gasteiger partial charge in [-0.3, -0.25) is 14.7 Å². The van der Waals surface area contributed by atoms with Crippen LogP contribution in [0.4, 0.5) is 0 Å². The number of ether oxygens (including phenoxy) is 1. The number of hydrogen-bond donors (Lipinski definition) is 1. The normalized spacial score (nSPS) is 17.0. The molecule has 0 aliphatic carbocycles. The van der Waals surface area contributed by atoms with Crippen LogP contribution in [0.25, 0.3) is 0 Å². The first kappa shape index (κ1) is 18.5.